The zero-order valence-corrected chi connectivity index (χ0v) is 20.2. The van der Waals surface area contributed by atoms with Gasteiger partial charge in [-0.3, -0.25) is 10.1 Å². The summed E-state index contributed by atoms with van der Waals surface area (Å²) < 4.78 is 17.5. The summed E-state index contributed by atoms with van der Waals surface area (Å²) in [6.07, 6.45) is 1.71. The van der Waals surface area contributed by atoms with Crippen LogP contribution in [-0.4, -0.2) is 12.0 Å². The lowest BCUT2D eigenvalue weighted by Gasteiger charge is -2.14. The molecular formula is C30H24N2O5. The number of allylic oxidation sites excluding steroid dienone is 1. The number of nitriles is 1. The van der Waals surface area contributed by atoms with Crippen LogP contribution in [-0.2, 0) is 13.2 Å². The van der Waals surface area contributed by atoms with Crippen LogP contribution >= 0.6 is 0 Å². The van der Waals surface area contributed by atoms with Gasteiger partial charge in [0.05, 0.1) is 23.7 Å². The van der Waals surface area contributed by atoms with Gasteiger partial charge in [0.1, 0.15) is 19.0 Å². The van der Waals surface area contributed by atoms with Crippen molar-refractivity contribution in [2.24, 2.45) is 0 Å². The molecule has 4 aromatic rings. The molecule has 184 valence electrons. The SMILES string of the molecule is COc1cc(COc2ccccc2/C=C(\C#N)c2ccc([N+](=O)[O-])cc2)ccc1OCc1ccccc1. The van der Waals surface area contributed by atoms with Gasteiger partial charge < -0.3 is 14.2 Å². The van der Waals surface area contributed by atoms with E-state index in [1.807, 2.05) is 72.8 Å². The molecule has 0 bridgehead atoms. The van der Waals surface area contributed by atoms with E-state index in [1.165, 1.54) is 12.1 Å². The predicted octanol–water partition coefficient (Wildman–Crippen LogP) is 6.83. The third kappa shape index (κ3) is 6.53. The van der Waals surface area contributed by atoms with Crippen LogP contribution in [0.25, 0.3) is 11.6 Å². The quantitative estimate of drug-likeness (QED) is 0.104. The zero-order chi connectivity index (χ0) is 26.0. The second kappa shape index (κ2) is 12.0. The number of non-ortho nitro benzene ring substituents is 1. The molecule has 0 aromatic heterocycles. The fourth-order valence-electron chi connectivity index (χ4n) is 3.65. The molecule has 0 saturated carbocycles. The fourth-order valence-corrected chi connectivity index (χ4v) is 3.65. The van der Waals surface area contributed by atoms with Gasteiger partial charge in [-0.1, -0.05) is 54.6 Å². The van der Waals surface area contributed by atoms with Crippen LogP contribution in [0.4, 0.5) is 5.69 Å². The molecule has 0 aliphatic rings. The standard InChI is InChI=1S/C30H24N2O5/c1-35-30-17-23(11-16-29(30)37-20-22-7-3-2-4-8-22)21-36-28-10-6-5-9-25(28)18-26(19-31)24-12-14-27(15-13-24)32(33)34/h2-18H,20-21H2,1H3/b26-18+. The molecule has 0 radical (unpaired) electrons. The lowest BCUT2D eigenvalue weighted by atomic mass is 10.0. The van der Waals surface area contributed by atoms with Crippen molar-refractivity contribution in [1.82, 2.24) is 0 Å². The summed E-state index contributed by atoms with van der Waals surface area (Å²) in [5.41, 5.74) is 3.58. The molecule has 0 saturated heterocycles. The number of benzene rings is 4. The van der Waals surface area contributed by atoms with Crippen LogP contribution in [0.3, 0.4) is 0 Å². The largest absolute Gasteiger partial charge is 0.493 e. The van der Waals surface area contributed by atoms with Crippen LogP contribution in [0.1, 0.15) is 22.3 Å². The summed E-state index contributed by atoms with van der Waals surface area (Å²) in [7, 11) is 1.59. The number of ether oxygens (including phenoxy) is 3. The molecule has 0 N–H and O–H groups in total. The Kier molecular flexibility index (Phi) is 8.15. The molecule has 4 rings (SSSR count). The first kappa shape index (κ1) is 25.0. The van der Waals surface area contributed by atoms with Crippen molar-refractivity contribution in [3.05, 3.63) is 129 Å². The first-order valence-electron chi connectivity index (χ1n) is 11.5. The van der Waals surface area contributed by atoms with Crippen LogP contribution in [0, 0.1) is 21.4 Å². The van der Waals surface area contributed by atoms with Crippen molar-refractivity contribution in [2.75, 3.05) is 7.11 Å². The highest BCUT2D eigenvalue weighted by atomic mass is 16.6. The van der Waals surface area contributed by atoms with E-state index in [2.05, 4.69) is 6.07 Å². The lowest BCUT2D eigenvalue weighted by molar-refractivity contribution is -0.384. The second-order valence-corrected chi connectivity index (χ2v) is 8.06. The van der Waals surface area contributed by atoms with Crippen molar-refractivity contribution in [2.45, 2.75) is 13.2 Å². The van der Waals surface area contributed by atoms with E-state index in [1.54, 1.807) is 25.3 Å². The van der Waals surface area contributed by atoms with E-state index in [0.29, 0.717) is 40.6 Å². The molecule has 7 nitrogen and oxygen atoms in total. The van der Waals surface area contributed by atoms with Crippen molar-refractivity contribution >= 4 is 17.3 Å². The van der Waals surface area contributed by atoms with Gasteiger partial charge in [0.25, 0.3) is 5.69 Å². The molecule has 0 aliphatic carbocycles. The maximum atomic E-state index is 10.9. The third-order valence-corrected chi connectivity index (χ3v) is 5.59. The van der Waals surface area contributed by atoms with Gasteiger partial charge in [0.15, 0.2) is 11.5 Å². The molecular weight excluding hydrogens is 468 g/mol. The molecule has 7 heteroatoms. The molecule has 0 fully saturated rings. The summed E-state index contributed by atoms with van der Waals surface area (Å²) in [6.45, 7) is 0.711. The van der Waals surface area contributed by atoms with Gasteiger partial charge in [-0.05, 0) is 53.1 Å². The van der Waals surface area contributed by atoms with Crippen LogP contribution in [0.15, 0.2) is 97.1 Å². The Morgan fingerprint density at radius 2 is 1.51 bits per heavy atom. The molecule has 37 heavy (non-hydrogen) atoms. The summed E-state index contributed by atoms with van der Waals surface area (Å²) >= 11 is 0. The average molecular weight is 493 g/mol. The van der Waals surface area contributed by atoms with E-state index in [9.17, 15) is 15.4 Å². The minimum Gasteiger partial charge on any atom is -0.493 e. The molecule has 0 heterocycles. The molecule has 0 aliphatic heterocycles. The number of hydrogen-bond acceptors (Lipinski definition) is 6. The van der Waals surface area contributed by atoms with Gasteiger partial charge in [-0.2, -0.15) is 5.26 Å². The Morgan fingerprint density at radius 3 is 2.22 bits per heavy atom. The smallest absolute Gasteiger partial charge is 0.269 e. The summed E-state index contributed by atoms with van der Waals surface area (Å²) in [5, 5.41) is 20.6. The molecule has 0 unspecified atom stereocenters. The highest BCUT2D eigenvalue weighted by Gasteiger charge is 2.10. The van der Waals surface area contributed by atoms with Crippen molar-refractivity contribution < 1.29 is 19.1 Å². The van der Waals surface area contributed by atoms with Crippen molar-refractivity contribution in [1.29, 1.82) is 5.26 Å². The van der Waals surface area contributed by atoms with Crippen LogP contribution in [0.5, 0.6) is 17.2 Å². The normalized spacial score (nSPS) is 10.9. The Hall–Kier alpha value is -5.09. The number of rotatable bonds is 10. The highest BCUT2D eigenvalue weighted by Crippen LogP contribution is 2.30. The van der Waals surface area contributed by atoms with Crippen LogP contribution in [0.2, 0.25) is 0 Å². The first-order valence-corrected chi connectivity index (χ1v) is 11.5. The molecule has 4 aromatic carbocycles. The number of para-hydroxylation sites is 1. The van der Waals surface area contributed by atoms with Gasteiger partial charge >= 0.3 is 0 Å². The van der Waals surface area contributed by atoms with E-state index in [4.69, 9.17) is 14.2 Å². The number of hydrogen-bond donors (Lipinski definition) is 0. The molecule has 0 spiro atoms. The number of nitro groups is 1. The van der Waals surface area contributed by atoms with Crippen molar-refractivity contribution in [3.8, 4) is 23.3 Å². The average Bonchev–Trinajstić information content (AvgIpc) is 2.95. The second-order valence-electron chi connectivity index (χ2n) is 8.06. The molecule has 0 amide bonds. The summed E-state index contributed by atoms with van der Waals surface area (Å²) in [4.78, 5) is 10.4. The monoisotopic (exact) mass is 492 g/mol. The van der Waals surface area contributed by atoms with Gasteiger partial charge in [0.2, 0.25) is 0 Å². The Bertz CT molecular complexity index is 1440. The summed E-state index contributed by atoms with van der Waals surface area (Å²) in [6, 6.07) is 31.0. The minimum atomic E-state index is -0.473. The van der Waals surface area contributed by atoms with E-state index in [0.717, 1.165) is 11.1 Å². The highest BCUT2D eigenvalue weighted by molar-refractivity contribution is 5.90. The fraction of sp³-hybridized carbons (Fsp3) is 0.100. The van der Waals surface area contributed by atoms with E-state index in [-0.39, 0.29) is 12.3 Å². The van der Waals surface area contributed by atoms with Crippen LogP contribution < -0.4 is 14.2 Å². The van der Waals surface area contributed by atoms with Gasteiger partial charge in [-0.25, -0.2) is 0 Å². The van der Waals surface area contributed by atoms with Gasteiger partial charge in [-0.15, -0.1) is 0 Å². The topological polar surface area (TPSA) is 94.6 Å². The maximum absolute atomic E-state index is 10.9. The Morgan fingerprint density at radius 1 is 0.838 bits per heavy atom. The minimum absolute atomic E-state index is 0.0308. The third-order valence-electron chi connectivity index (χ3n) is 5.59. The van der Waals surface area contributed by atoms with Crippen molar-refractivity contribution in [3.63, 3.8) is 0 Å². The first-order chi connectivity index (χ1) is 18.1. The zero-order valence-electron chi connectivity index (χ0n) is 20.2. The maximum Gasteiger partial charge on any atom is 0.269 e. The molecule has 0 atom stereocenters. The Balaban J connectivity index is 1.48. The summed E-state index contributed by atoms with van der Waals surface area (Å²) in [5.74, 6) is 1.84. The van der Waals surface area contributed by atoms with Gasteiger partial charge in [0, 0.05) is 17.7 Å². The number of nitrogens with zero attached hydrogens (tertiary/aromatic N) is 2. The number of nitro benzene ring substituents is 1. The predicted molar refractivity (Wildman–Crippen MR) is 141 cm³/mol. The number of methoxy groups -OCH3 is 1. The lowest BCUT2D eigenvalue weighted by Crippen LogP contribution is -2.01. The van der Waals surface area contributed by atoms with E-state index < -0.39 is 4.92 Å². The van der Waals surface area contributed by atoms with E-state index >= 15 is 0 Å². The Labute approximate surface area is 214 Å².